The zero-order chi connectivity index (χ0) is 32.3. The lowest BCUT2D eigenvalue weighted by Crippen LogP contribution is -2.42. The maximum atomic E-state index is 15.6. The van der Waals surface area contributed by atoms with E-state index in [9.17, 15) is 9.90 Å². The quantitative estimate of drug-likeness (QED) is 0.216. The average molecular weight is 629 g/mol. The number of aryl methyl sites for hydroxylation is 1. The lowest BCUT2D eigenvalue weighted by Gasteiger charge is -2.36. The molecule has 0 spiro atoms. The highest BCUT2D eigenvalue weighted by atomic mass is 19.1. The molecule has 3 aromatic heterocycles. The third kappa shape index (κ3) is 6.93. The van der Waals surface area contributed by atoms with Gasteiger partial charge in [0.15, 0.2) is 0 Å². The Morgan fingerprint density at radius 1 is 1.15 bits per heavy atom. The number of halogens is 2. The molecular formula is C36H42F2N6O2. The number of hydrogen-bond acceptors (Lipinski definition) is 7. The van der Waals surface area contributed by atoms with Crippen LogP contribution in [-0.2, 0) is 12.8 Å². The standard InChI is InChI=1S/C36H42F2N6O2/c1-23(2)36(38)12-8-32-28(20-36)18-26-17-27(19-30(37)34(26)42-32)35(46)43-33(10-15-44-14-4-3-5-29(44)11-16-45)24-6-7-31(39-21-24)25-9-13-40-41-22-25/h6-7,9,13,17-19,21-23,29,33,45H,3-5,8,10-12,14-16,20H2,1-2H3,(H,43,46). The second-order valence-electron chi connectivity index (χ2n) is 13.1. The van der Waals surface area contributed by atoms with Crippen molar-refractivity contribution >= 4 is 16.8 Å². The number of hydrogen-bond donors (Lipinski definition) is 2. The molecule has 1 amide bonds. The molecule has 1 aromatic carbocycles. The van der Waals surface area contributed by atoms with Crippen LogP contribution in [0.15, 0.2) is 55.0 Å². The number of carbonyl (C=O) groups is 1. The molecule has 2 N–H and O–H groups in total. The lowest BCUT2D eigenvalue weighted by molar-refractivity contribution is 0.0821. The maximum Gasteiger partial charge on any atom is 0.251 e. The number of aliphatic hydroxyl groups is 1. The third-order valence-corrected chi connectivity index (χ3v) is 9.89. The Morgan fingerprint density at radius 2 is 2.02 bits per heavy atom. The Kier molecular flexibility index (Phi) is 9.65. The largest absolute Gasteiger partial charge is 0.396 e. The Morgan fingerprint density at radius 3 is 2.76 bits per heavy atom. The van der Waals surface area contributed by atoms with E-state index in [1.165, 1.54) is 6.07 Å². The van der Waals surface area contributed by atoms with E-state index in [0.29, 0.717) is 30.7 Å². The molecule has 1 aliphatic carbocycles. The monoisotopic (exact) mass is 628 g/mol. The van der Waals surface area contributed by atoms with E-state index in [2.05, 4.69) is 30.4 Å². The summed E-state index contributed by atoms with van der Waals surface area (Å²) in [6.45, 7) is 5.59. The molecule has 10 heteroatoms. The average Bonchev–Trinajstić information content (AvgIpc) is 3.07. The molecule has 3 atom stereocenters. The second-order valence-corrected chi connectivity index (χ2v) is 13.1. The number of rotatable bonds is 10. The van der Waals surface area contributed by atoms with Crippen LogP contribution in [0.25, 0.3) is 22.2 Å². The zero-order valence-electron chi connectivity index (χ0n) is 26.6. The van der Waals surface area contributed by atoms with E-state index < -0.39 is 17.4 Å². The van der Waals surface area contributed by atoms with Crippen LogP contribution in [0.1, 0.15) is 85.6 Å². The van der Waals surface area contributed by atoms with E-state index in [-0.39, 0.29) is 36.1 Å². The van der Waals surface area contributed by atoms with Crippen LogP contribution < -0.4 is 5.32 Å². The summed E-state index contributed by atoms with van der Waals surface area (Å²) in [6, 6.07) is 10.3. The number of carbonyl (C=O) groups excluding carboxylic acids is 1. The molecule has 4 aromatic rings. The van der Waals surface area contributed by atoms with Crippen molar-refractivity contribution in [2.24, 2.45) is 5.92 Å². The normalized spacial score (nSPS) is 20.9. The first-order valence-electron chi connectivity index (χ1n) is 16.4. The highest BCUT2D eigenvalue weighted by molar-refractivity contribution is 5.98. The van der Waals surface area contributed by atoms with Gasteiger partial charge in [0.2, 0.25) is 0 Å². The Hall–Kier alpha value is -3.89. The molecule has 242 valence electrons. The van der Waals surface area contributed by atoms with Gasteiger partial charge in [-0.2, -0.15) is 10.2 Å². The molecule has 2 aliphatic rings. The van der Waals surface area contributed by atoms with Crippen molar-refractivity contribution in [1.29, 1.82) is 0 Å². The summed E-state index contributed by atoms with van der Waals surface area (Å²) in [5.74, 6) is -1.12. The molecule has 1 saturated heterocycles. The molecule has 4 heterocycles. The van der Waals surface area contributed by atoms with Crippen molar-refractivity contribution in [1.82, 2.24) is 30.4 Å². The lowest BCUT2D eigenvalue weighted by atomic mass is 9.77. The minimum absolute atomic E-state index is 0.143. The topological polar surface area (TPSA) is 104 Å². The first-order chi connectivity index (χ1) is 22.2. The van der Waals surface area contributed by atoms with Crippen molar-refractivity contribution < 1.29 is 18.7 Å². The van der Waals surface area contributed by atoms with Crippen LogP contribution in [-0.4, -0.2) is 67.5 Å². The fourth-order valence-electron chi connectivity index (χ4n) is 6.96. The molecule has 0 radical (unpaired) electrons. The minimum atomic E-state index is -1.33. The number of amides is 1. The van der Waals surface area contributed by atoms with Crippen molar-refractivity contribution in [2.75, 3.05) is 19.7 Å². The van der Waals surface area contributed by atoms with E-state index in [4.69, 9.17) is 0 Å². The highest BCUT2D eigenvalue weighted by Crippen LogP contribution is 2.38. The number of piperidine rings is 1. The molecule has 1 fully saturated rings. The maximum absolute atomic E-state index is 15.6. The second kappa shape index (κ2) is 13.8. The minimum Gasteiger partial charge on any atom is -0.396 e. The SMILES string of the molecule is CC(C)C1(F)CCc2nc3c(F)cc(C(=O)NC(CCN4CCCCC4CCO)c4ccc(-c5ccnnc5)nc4)cc3cc2C1. The molecule has 3 unspecified atom stereocenters. The van der Waals surface area contributed by atoms with Gasteiger partial charge in [-0.3, -0.25) is 9.78 Å². The molecule has 6 rings (SSSR count). The van der Waals surface area contributed by atoms with Crippen molar-refractivity contribution in [3.63, 3.8) is 0 Å². The number of alkyl halides is 1. The van der Waals surface area contributed by atoms with Crippen LogP contribution in [0.3, 0.4) is 0 Å². The van der Waals surface area contributed by atoms with Crippen LogP contribution in [0, 0.1) is 11.7 Å². The smallest absolute Gasteiger partial charge is 0.251 e. The number of pyridine rings is 2. The number of benzene rings is 1. The fourth-order valence-corrected chi connectivity index (χ4v) is 6.96. The van der Waals surface area contributed by atoms with Gasteiger partial charge in [0.1, 0.15) is 17.0 Å². The van der Waals surface area contributed by atoms with Gasteiger partial charge in [-0.25, -0.2) is 13.8 Å². The number of fused-ring (bicyclic) bond motifs is 2. The van der Waals surface area contributed by atoms with Gasteiger partial charge >= 0.3 is 0 Å². The van der Waals surface area contributed by atoms with Gasteiger partial charge < -0.3 is 15.3 Å². The van der Waals surface area contributed by atoms with E-state index in [1.54, 1.807) is 30.7 Å². The summed E-state index contributed by atoms with van der Waals surface area (Å²) in [4.78, 5) is 25.4. The first-order valence-corrected chi connectivity index (χ1v) is 16.4. The van der Waals surface area contributed by atoms with E-state index >= 15 is 8.78 Å². The molecule has 0 bridgehead atoms. The number of aromatic nitrogens is 4. The zero-order valence-corrected chi connectivity index (χ0v) is 26.6. The van der Waals surface area contributed by atoms with Gasteiger partial charge in [0, 0.05) is 54.0 Å². The molecule has 8 nitrogen and oxygen atoms in total. The first kappa shape index (κ1) is 32.1. The van der Waals surface area contributed by atoms with Gasteiger partial charge in [-0.05, 0) is 92.4 Å². The fraction of sp³-hybridized carbons (Fsp3) is 0.472. The van der Waals surface area contributed by atoms with Crippen LogP contribution in [0.2, 0.25) is 0 Å². The summed E-state index contributed by atoms with van der Waals surface area (Å²) in [5, 5.41) is 21.0. The van der Waals surface area contributed by atoms with Crippen LogP contribution >= 0.6 is 0 Å². The Balaban J connectivity index is 1.27. The summed E-state index contributed by atoms with van der Waals surface area (Å²) in [5.41, 5.74) is 2.98. The number of nitrogens with zero attached hydrogens (tertiary/aromatic N) is 5. The molecular weight excluding hydrogens is 586 g/mol. The number of likely N-dealkylation sites (tertiary alicyclic amines) is 1. The van der Waals surface area contributed by atoms with Crippen molar-refractivity contribution in [3.8, 4) is 11.3 Å². The molecule has 1 aliphatic heterocycles. The highest BCUT2D eigenvalue weighted by Gasteiger charge is 2.38. The number of aliphatic hydroxyl groups excluding tert-OH is 1. The van der Waals surface area contributed by atoms with Gasteiger partial charge in [-0.15, -0.1) is 0 Å². The van der Waals surface area contributed by atoms with Crippen molar-refractivity contribution in [3.05, 3.63) is 83.2 Å². The predicted molar refractivity (Wildman–Crippen MR) is 173 cm³/mol. The van der Waals surface area contributed by atoms with Crippen LogP contribution in [0.5, 0.6) is 0 Å². The van der Waals surface area contributed by atoms with Crippen LogP contribution in [0.4, 0.5) is 8.78 Å². The molecule has 46 heavy (non-hydrogen) atoms. The summed E-state index contributed by atoms with van der Waals surface area (Å²) in [6.07, 6.45) is 10.7. The third-order valence-electron chi connectivity index (χ3n) is 9.89. The Bertz CT molecular complexity index is 1670. The van der Waals surface area contributed by atoms with Gasteiger partial charge in [-0.1, -0.05) is 26.3 Å². The summed E-state index contributed by atoms with van der Waals surface area (Å²) < 4.78 is 31.0. The van der Waals surface area contributed by atoms with E-state index in [1.807, 2.05) is 32.0 Å². The van der Waals surface area contributed by atoms with Gasteiger partial charge in [0.05, 0.1) is 24.1 Å². The van der Waals surface area contributed by atoms with E-state index in [0.717, 1.165) is 66.9 Å². The Labute approximate surface area is 268 Å². The summed E-state index contributed by atoms with van der Waals surface area (Å²) >= 11 is 0. The summed E-state index contributed by atoms with van der Waals surface area (Å²) in [7, 11) is 0. The number of nitrogens with one attached hydrogen (secondary N) is 1. The predicted octanol–water partition coefficient (Wildman–Crippen LogP) is 6.18. The van der Waals surface area contributed by atoms with Gasteiger partial charge in [0.25, 0.3) is 5.91 Å². The van der Waals surface area contributed by atoms with Crippen molar-refractivity contribution in [2.45, 2.75) is 83.0 Å². The molecule has 0 saturated carbocycles.